The summed E-state index contributed by atoms with van der Waals surface area (Å²) in [5, 5.41) is 19.3. The summed E-state index contributed by atoms with van der Waals surface area (Å²) in [6, 6.07) is 25.6. The second kappa shape index (κ2) is 28.1. The number of hydrogen-bond acceptors (Lipinski definition) is 14. The highest BCUT2D eigenvalue weighted by atomic mass is 35.5. The number of para-hydroxylation sites is 3. The zero-order valence-corrected chi connectivity index (χ0v) is 47.7. The van der Waals surface area contributed by atoms with Crippen LogP contribution in [0.2, 0.25) is 33.6 Å². The third-order valence-electron chi connectivity index (χ3n) is 9.93. The largest absolute Gasteiger partial charge is 0.392 e. The lowest BCUT2D eigenvalue weighted by Crippen LogP contribution is -2.30. The minimum absolute atomic E-state index is 0.0219. The number of carbonyl (C=O) groups is 3. The van der Waals surface area contributed by atoms with Crippen LogP contribution in [0, 0.1) is 27.7 Å². The highest BCUT2D eigenvalue weighted by Gasteiger charge is 2.24. The third-order valence-corrected chi connectivity index (χ3v) is 15.2. The molecule has 382 valence electrons. The molecule has 0 saturated heterocycles. The Morgan fingerprint density at radius 1 is 0.595 bits per heavy atom. The molecule has 0 aliphatic carbocycles. The van der Waals surface area contributed by atoms with E-state index in [1.807, 2.05) is 86.8 Å². The van der Waals surface area contributed by atoms with Crippen molar-refractivity contribution in [2.45, 2.75) is 47.3 Å². The van der Waals surface area contributed by atoms with Crippen LogP contribution >= 0.6 is 127 Å². The summed E-state index contributed by atoms with van der Waals surface area (Å²) in [5.41, 5.74) is 7.09. The highest BCUT2D eigenvalue weighted by molar-refractivity contribution is 7.18. The van der Waals surface area contributed by atoms with Crippen molar-refractivity contribution in [1.29, 1.82) is 0 Å². The number of hydrogen-bond donors (Lipinski definition) is 3. The van der Waals surface area contributed by atoms with E-state index in [4.69, 9.17) is 81.2 Å². The van der Waals surface area contributed by atoms with Gasteiger partial charge in [0.25, 0.3) is 17.7 Å². The Bertz CT molecular complexity index is 3280. The first-order valence-electron chi connectivity index (χ1n) is 21.5. The molecular weight excluding hydrogens is 1170 g/mol. The molecule has 9 aromatic rings. The molecule has 0 radical (unpaired) electrons. The second-order valence-corrected chi connectivity index (χ2v) is 22.7. The van der Waals surface area contributed by atoms with Crippen molar-refractivity contribution in [1.82, 2.24) is 29.9 Å². The van der Waals surface area contributed by atoms with Crippen LogP contribution < -0.4 is 15.5 Å². The molecule has 3 amide bonds. The molecule has 0 fully saturated rings. The molecule has 0 atom stereocenters. The molecule has 4 aromatic carbocycles. The summed E-state index contributed by atoms with van der Waals surface area (Å²) in [6.45, 7) is 7.77. The van der Waals surface area contributed by atoms with Gasteiger partial charge in [-0.15, -0.1) is 22.7 Å². The Morgan fingerprint density at radius 3 is 1.59 bits per heavy atom. The van der Waals surface area contributed by atoms with Gasteiger partial charge in [-0.05, 0) is 79.8 Å². The van der Waals surface area contributed by atoms with Crippen molar-refractivity contribution < 1.29 is 19.5 Å². The summed E-state index contributed by atoms with van der Waals surface area (Å²) in [7, 11) is 0. The van der Waals surface area contributed by atoms with Crippen LogP contribution in [0.15, 0.2) is 115 Å². The van der Waals surface area contributed by atoms with Crippen LogP contribution in [0.1, 0.15) is 73.4 Å². The maximum Gasteiger partial charge on any atom is 0.270 e. The van der Waals surface area contributed by atoms with Crippen LogP contribution in [0.5, 0.6) is 0 Å². The van der Waals surface area contributed by atoms with Crippen molar-refractivity contribution in [3.8, 4) is 0 Å². The van der Waals surface area contributed by atoms with E-state index in [1.54, 1.807) is 48.5 Å². The van der Waals surface area contributed by atoms with Gasteiger partial charge in [0, 0.05) is 18.0 Å². The van der Waals surface area contributed by atoms with Crippen molar-refractivity contribution in [2.75, 3.05) is 15.5 Å². The van der Waals surface area contributed by atoms with Gasteiger partial charge < -0.3 is 20.6 Å². The Hall–Kier alpha value is -5.12. The molecule has 0 saturated carbocycles. The minimum Gasteiger partial charge on any atom is -0.392 e. The molecule has 0 aliphatic rings. The Morgan fingerprint density at radius 2 is 1.12 bits per heavy atom. The predicted molar refractivity (Wildman–Crippen MR) is 305 cm³/mol. The fourth-order valence-corrected chi connectivity index (χ4v) is 10.7. The number of aromatic nitrogens is 6. The van der Waals surface area contributed by atoms with Crippen molar-refractivity contribution in [3.05, 3.63) is 208 Å². The maximum absolute atomic E-state index is 13.1. The number of anilines is 3. The second-order valence-electron chi connectivity index (χ2n) is 15.3. The smallest absolute Gasteiger partial charge is 0.270 e. The van der Waals surface area contributed by atoms with E-state index < -0.39 is 0 Å². The molecule has 9 rings (SSSR count). The topological polar surface area (TPSA) is 176 Å². The SMILES string of the molecule is Cc1cccc(Cl)c1N(Cc1ccc(CO)cc1)C(=O)c1cnc(Cl)s1.Cc1cccc(Cl)c1NC(=O)c1cnc(Cl)s1.Cc1nc(Cl)cc(Cc2ncc(C(=O)Nc3c(C)cccc3Cl)s2)n1.Clc1nccs1. The van der Waals surface area contributed by atoms with Gasteiger partial charge in [0.1, 0.15) is 25.6 Å². The summed E-state index contributed by atoms with van der Waals surface area (Å²) in [6.07, 6.45) is 6.63. The standard InChI is InChI=1S/C19H16Cl2N2O2S.C17H14Cl2N4OS.C11H8Cl2N2OS.C3H2ClNS/c1-12-3-2-4-15(20)17(12)23(18(25)16-9-22-19(21)26-16)10-13-5-7-14(11-24)8-6-13;1-9-4-3-5-12(18)16(9)23-17(24)13-8-20-15(25-13)7-11-6-14(19)22-10(2)21-11;1-6-3-2-4-7(12)9(6)15-10(16)8-5-14-11(13)17-8;4-3-5-1-2-6-3/h2-9,24H,10-11H2,1H3;3-6,8H,7H2,1-2H3,(H,23,24);2-5H,1H3,(H,15,16);1-2H. The lowest BCUT2D eigenvalue weighted by molar-refractivity contribution is 0.0986. The molecule has 13 nitrogen and oxygen atoms in total. The monoisotopic (exact) mass is 1200 g/mol. The molecule has 0 bridgehead atoms. The third kappa shape index (κ3) is 16.9. The maximum atomic E-state index is 13.1. The number of rotatable bonds is 11. The quantitative estimate of drug-likeness (QED) is 0.106. The fourth-order valence-electron chi connectivity index (χ4n) is 6.46. The molecule has 24 heteroatoms. The predicted octanol–water partition coefficient (Wildman–Crippen LogP) is 15.6. The number of carbonyl (C=O) groups excluding carboxylic acids is 3. The molecule has 3 N–H and O–H groups in total. The Kier molecular flexibility index (Phi) is 22.1. The molecule has 74 heavy (non-hydrogen) atoms. The van der Waals surface area contributed by atoms with Crippen molar-refractivity contribution >= 4 is 161 Å². The van der Waals surface area contributed by atoms with Crippen LogP contribution in [0.4, 0.5) is 17.1 Å². The van der Waals surface area contributed by atoms with E-state index >= 15 is 0 Å². The van der Waals surface area contributed by atoms with E-state index in [2.05, 4.69) is 40.5 Å². The summed E-state index contributed by atoms with van der Waals surface area (Å²) >= 11 is 46.5. The number of benzene rings is 4. The first-order valence-corrected chi connectivity index (χ1v) is 27.5. The van der Waals surface area contributed by atoms with Crippen LogP contribution in [-0.2, 0) is 19.6 Å². The lowest BCUT2D eigenvalue weighted by Gasteiger charge is -2.25. The van der Waals surface area contributed by atoms with Crippen LogP contribution in [-0.4, -0.2) is 52.7 Å². The number of amides is 3. The van der Waals surface area contributed by atoms with Gasteiger partial charge in [0.15, 0.2) is 13.4 Å². The van der Waals surface area contributed by atoms with E-state index in [0.717, 1.165) is 61.2 Å². The van der Waals surface area contributed by atoms with E-state index in [9.17, 15) is 19.5 Å². The van der Waals surface area contributed by atoms with Gasteiger partial charge in [0.05, 0.1) is 74.6 Å². The molecular formula is C50H40Cl7N9O4S4. The molecule has 0 spiro atoms. The summed E-state index contributed by atoms with van der Waals surface area (Å²) < 4.78 is 1.26. The van der Waals surface area contributed by atoms with E-state index in [1.165, 1.54) is 35.1 Å². The van der Waals surface area contributed by atoms with Gasteiger partial charge >= 0.3 is 0 Å². The molecule has 0 aliphatic heterocycles. The summed E-state index contributed by atoms with van der Waals surface area (Å²) in [5.74, 6) is -0.106. The molecule has 5 heterocycles. The van der Waals surface area contributed by atoms with Crippen LogP contribution in [0.3, 0.4) is 0 Å². The molecule has 0 unspecified atom stereocenters. The number of aryl methyl sites for hydroxylation is 4. The van der Waals surface area contributed by atoms with E-state index in [0.29, 0.717) is 84.1 Å². The van der Waals surface area contributed by atoms with Crippen LogP contribution in [0.25, 0.3) is 0 Å². The van der Waals surface area contributed by atoms with Gasteiger partial charge in [-0.3, -0.25) is 14.4 Å². The van der Waals surface area contributed by atoms with Gasteiger partial charge in [-0.1, -0.05) is 165 Å². The normalized spacial score (nSPS) is 10.5. The Balaban J connectivity index is 0.000000174. The van der Waals surface area contributed by atoms with Gasteiger partial charge in [0.2, 0.25) is 0 Å². The number of aliphatic hydroxyl groups is 1. The zero-order valence-electron chi connectivity index (χ0n) is 39.2. The summed E-state index contributed by atoms with van der Waals surface area (Å²) in [4.78, 5) is 64.6. The number of thiazole rings is 4. The lowest BCUT2D eigenvalue weighted by atomic mass is 10.1. The van der Waals surface area contributed by atoms with Gasteiger partial charge in [-0.25, -0.2) is 29.9 Å². The average molecular weight is 1210 g/mol. The first-order chi connectivity index (χ1) is 35.4. The fraction of sp³-hybridized carbons (Fsp3) is 0.140. The molecule has 5 aromatic heterocycles. The first kappa shape index (κ1) is 58.1. The Labute approximate surface area is 477 Å². The van der Waals surface area contributed by atoms with Crippen molar-refractivity contribution in [2.24, 2.45) is 0 Å². The van der Waals surface area contributed by atoms with E-state index in [-0.39, 0.29) is 24.3 Å². The number of aliphatic hydroxyl groups excluding tert-OH is 1. The highest BCUT2D eigenvalue weighted by Crippen LogP contribution is 2.34. The van der Waals surface area contributed by atoms with Crippen molar-refractivity contribution in [3.63, 3.8) is 0 Å². The number of nitrogens with zero attached hydrogens (tertiary/aromatic N) is 7. The van der Waals surface area contributed by atoms with Gasteiger partial charge in [-0.2, -0.15) is 0 Å². The number of nitrogens with one attached hydrogen (secondary N) is 2. The minimum atomic E-state index is -0.259. The number of halogens is 7. The average Bonchev–Trinajstić information content (AvgIpc) is 4.22. The zero-order chi connectivity index (χ0) is 53.5.